The van der Waals surface area contributed by atoms with E-state index in [4.69, 9.17) is 10.5 Å². The van der Waals surface area contributed by atoms with Crippen molar-refractivity contribution in [3.8, 4) is 0 Å². The number of amides is 1. The van der Waals surface area contributed by atoms with Gasteiger partial charge in [-0.15, -0.1) is 12.4 Å². The first kappa shape index (κ1) is 17.8. The van der Waals surface area contributed by atoms with Gasteiger partial charge < -0.3 is 15.4 Å². The number of nitrogens with two attached hydrogens (primary N) is 1. The normalized spacial score (nSPS) is 21.7. The van der Waals surface area contributed by atoms with Crippen LogP contribution in [0.4, 0.5) is 5.69 Å². The van der Waals surface area contributed by atoms with Gasteiger partial charge in [0.15, 0.2) is 0 Å². The molecule has 1 aliphatic rings. The molecule has 0 spiro atoms. The fourth-order valence-corrected chi connectivity index (χ4v) is 2.63. The van der Waals surface area contributed by atoms with Gasteiger partial charge in [-0.2, -0.15) is 0 Å². The first-order valence-corrected chi connectivity index (χ1v) is 7.36. The Morgan fingerprint density at radius 3 is 2.81 bits per heavy atom. The molecule has 4 nitrogen and oxygen atoms in total. The molecule has 0 aromatic heterocycles. The number of nitrogen functional groups attached to an aromatic ring is 1. The third-order valence-electron chi connectivity index (χ3n) is 3.92. The largest absolute Gasteiger partial charge is 0.399 e. The summed E-state index contributed by atoms with van der Waals surface area (Å²) in [6, 6.07) is 7.96. The number of carbonyl (C=O) groups excluding carboxylic acids is 1. The molecule has 2 N–H and O–H groups in total. The van der Waals surface area contributed by atoms with E-state index in [0.717, 1.165) is 17.7 Å². The van der Waals surface area contributed by atoms with E-state index in [1.807, 2.05) is 36.1 Å². The van der Waals surface area contributed by atoms with Crippen molar-refractivity contribution in [1.82, 2.24) is 4.90 Å². The number of benzene rings is 1. The molecule has 1 saturated heterocycles. The van der Waals surface area contributed by atoms with E-state index in [-0.39, 0.29) is 30.5 Å². The van der Waals surface area contributed by atoms with Crippen LogP contribution in [0.3, 0.4) is 0 Å². The molecule has 5 heteroatoms. The highest BCUT2D eigenvalue weighted by Crippen LogP contribution is 2.18. The summed E-state index contributed by atoms with van der Waals surface area (Å²) in [6.07, 6.45) is 2.28. The summed E-state index contributed by atoms with van der Waals surface area (Å²) < 4.78 is 5.63. The maximum Gasteiger partial charge on any atom is 0.223 e. The number of aryl methyl sites for hydroxylation is 1. The van der Waals surface area contributed by atoms with E-state index in [0.29, 0.717) is 26.0 Å². The number of para-hydroxylation sites is 1. The average Bonchev–Trinajstić information content (AvgIpc) is 2.46. The van der Waals surface area contributed by atoms with Gasteiger partial charge in [0.1, 0.15) is 0 Å². The zero-order valence-electron chi connectivity index (χ0n) is 12.7. The Labute approximate surface area is 133 Å². The summed E-state index contributed by atoms with van der Waals surface area (Å²) in [5.74, 6) is 0.204. The SMILES string of the molecule is CCC1COC(C)CN1C(=O)CCc1ccccc1N.Cl. The molecule has 1 amide bonds. The summed E-state index contributed by atoms with van der Waals surface area (Å²) in [7, 11) is 0. The van der Waals surface area contributed by atoms with Crippen LogP contribution in [0.25, 0.3) is 0 Å². The Hall–Kier alpha value is -1.26. The molecule has 1 aliphatic heterocycles. The highest BCUT2D eigenvalue weighted by molar-refractivity contribution is 5.85. The number of anilines is 1. The molecule has 2 unspecified atom stereocenters. The smallest absolute Gasteiger partial charge is 0.223 e. The molecule has 1 fully saturated rings. The lowest BCUT2D eigenvalue weighted by atomic mass is 10.1. The van der Waals surface area contributed by atoms with Crippen LogP contribution < -0.4 is 5.73 Å². The molecule has 0 radical (unpaired) electrons. The maximum atomic E-state index is 12.4. The molecule has 1 aromatic carbocycles. The van der Waals surface area contributed by atoms with Gasteiger partial charge in [-0.05, 0) is 31.4 Å². The minimum atomic E-state index is 0. The van der Waals surface area contributed by atoms with E-state index in [9.17, 15) is 4.79 Å². The lowest BCUT2D eigenvalue weighted by Gasteiger charge is -2.38. The summed E-state index contributed by atoms with van der Waals surface area (Å²) in [4.78, 5) is 14.4. The minimum Gasteiger partial charge on any atom is -0.399 e. The molecule has 2 rings (SSSR count). The Morgan fingerprint density at radius 1 is 1.43 bits per heavy atom. The van der Waals surface area contributed by atoms with Crippen LogP contribution in [0.15, 0.2) is 24.3 Å². The summed E-state index contributed by atoms with van der Waals surface area (Å²) in [5, 5.41) is 0. The van der Waals surface area contributed by atoms with Crippen molar-refractivity contribution in [3.63, 3.8) is 0 Å². The molecule has 0 aliphatic carbocycles. The Morgan fingerprint density at radius 2 is 2.14 bits per heavy atom. The minimum absolute atomic E-state index is 0. The van der Waals surface area contributed by atoms with Gasteiger partial charge in [-0.3, -0.25) is 4.79 Å². The Balaban J connectivity index is 0.00000220. The van der Waals surface area contributed by atoms with Gasteiger partial charge in [0, 0.05) is 18.7 Å². The van der Waals surface area contributed by atoms with Crippen LogP contribution >= 0.6 is 12.4 Å². The topological polar surface area (TPSA) is 55.6 Å². The number of nitrogens with zero attached hydrogens (tertiary/aromatic N) is 1. The highest BCUT2D eigenvalue weighted by atomic mass is 35.5. The predicted molar refractivity (Wildman–Crippen MR) is 87.6 cm³/mol. The van der Waals surface area contributed by atoms with E-state index >= 15 is 0 Å². The van der Waals surface area contributed by atoms with Gasteiger partial charge in [0.25, 0.3) is 0 Å². The molecule has 2 atom stereocenters. The van der Waals surface area contributed by atoms with Crippen molar-refractivity contribution < 1.29 is 9.53 Å². The number of carbonyl (C=O) groups is 1. The lowest BCUT2D eigenvalue weighted by Crippen LogP contribution is -2.51. The number of hydrogen-bond donors (Lipinski definition) is 1. The van der Waals surface area contributed by atoms with Crippen molar-refractivity contribution in [3.05, 3.63) is 29.8 Å². The predicted octanol–water partition coefficient (Wildman–Crippen LogP) is 2.65. The van der Waals surface area contributed by atoms with E-state index in [1.165, 1.54) is 0 Å². The molecular formula is C16H25ClN2O2. The van der Waals surface area contributed by atoms with Crippen molar-refractivity contribution in [2.45, 2.75) is 45.3 Å². The molecule has 0 saturated carbocycles. The molecule has 21 heavy (non-hydrogen) atoms. The monoisotopic (exact) mass is 312 g/mol. The van der Waals surface area contributed by atoms with Crippen LogP contribution in [0.5, 0.6) is 0 Å². The summed E-state index contributed by atoms with van der Waals surface area (Å²) in [5.41, 5.74) is 7.73. The fraction of sp³-hybridized carbons (Fsp3) is 0.562. The number of morpholine rings is 1. The molecule has 1 heterocycles. The lowest BCUT2D eigenvalue weighted by molar-refractivity contribution is -0.144. The standard InChI is InChI=1S/C16H24N2O2.ClH/c1-3-14-11-20-12(2)10-18(14)16(19)9-8-13-6-4-5-7-15(13)17;/h4-7,12,14H,3,8-11,17H2,1-2H3;1H. The average molecular weight is 313 g/mol. The number of hydrogen-bond acceptors (Lipinski definition) is 3. The second-order valence-corrected chi connectivity index (χ2v) is 5.45. The first-order chi connectivity index (χ1) is 9.61. The highest BCUT2D eigenvalue weighted by Gasteiger charge is 2.28. The van der Waals surface area contributed by atoms with Gasteiger partial charge >= 0.3 is 0 Å². The van der Waals surface area contributed by atoms with Crippen molar-refractivity contribution in [1.29, 1.82) is 0 Å². The zero-order valence-corrected chi connectivity index (χ0v) is 13.6. The van der Waals surface area contributed by atoms with Crippen LogP contribution in [0.1, 0.15) is 32.3 Å². The van der Waals surface area contributed by atoms with E-state index < -0.39 is 0 Å². The number of halogens is 1. The van der Waals surface area contributed by atoms with Crippen molar-refractivity contribution in [2.24, 2.45) is 0 Å². The van der Waals surface area contributed by atoms with Gasteiger partial charge in [0.05, 0.1) is 18.8 Å². The molecular weight excluding hydrogens is 288 g/mol. The summed E-state index contributed by atoms with van der Waals surface area (Å²) in [6.45, 7) is 5.46. The van der Waals surface area contributed by atoms with Crippen LogP contribution in [0.2, 0.25) is 0 Å². The van der Waals surface area contributed by atoms with Crippen LogP contribution in [-0.2, 0) is 16.0 Å². The van der Waals surface area contributed by atoms with E-state index in [2.05, 4.69) is 6.92 Å². The Kier molecular flexibility index (Phi) is 6.99. The van der Waals surface area contributed by atoms with Gasteiger partial charge in [-0.1, -0.05) is 25.1 Å². The maximum absolute atomic E-state index is 12.4. The third-order valence-corrected chi connectivity index (χ3v) is 3.92. The van der Waals surface area contributed by atoms with Crippen molar-refractivity contribution >= 4 is 24.0 Å². The van der Waals surface area contributed by atoms with Crippen LogP contribution in [-0.4, -0.2) is 36.1 Å². The first-order valence-electron chi connectivity index (χ1n) is 7.36. The molecule has 1 aromatic rings. The van der Waals surface area contributed by atoms with Gasteiger partial charge in [0.2, 0.25) is 5.91 Å². The molecule has 0 bridgehead atoms. The van der Waals surface area contributed by atoms with Gasteiger partial charge in [-0.25, -0.2) is 0 Å². The fourth-order valence-electron chi connectivity index (χ4n) is 2.63. The van der Waals surface area contributed by atoms with Crippen LogP contribution in [0, 0.1) is 0 Å². The Bertz CT molecular complexity index is 467. The third kappa shape index (κ3) is 4.61. The second kappa shape index (κ2) is 8.25. The van der Waals surface area contributed by atoms with Crippen molar-refractivity contribution in [2.75, 3.05) is 18.9 Å². The number of ether oxygens (including phenoxy) is 1. The second-order valence-electron chi connectivity index (χ2n) is 5.45. The quantitative estimate of drug-likeness (QED) is 0.870. The summed E-state index contributed by atoms with van der Waals surface area (Å²) >= 11 is 0. The number of rotatable bonds is 4. The molecule has 118 valence electrons. The zero-order chi connectivity index (χ0) is 14.5. The van der Waals surface area contributed by atoms with E-state index in [1.54, 1.807) is 0 Å².